The molecule has 0 saturated heterocycles. The number of hydrogen-bond donors (Lipinski definition) is 0. The first-order valence-electron chi connectivity index (χ1n) is 26.4. The lowest BCUT2D eigenvalue weighted by atomic mass is 9.18. The molecule has 0 aromatic heterocycles. The van der Waals surface area contributed by atoms with E-state index in [1.54, 1.807) is 0 Å². The van der Waals surface area contributed by atoms with Crippen molar-refractivity contribution in [3.05, 3.63) is 0 Å². The Bertz CT molecular complexity index is 1220. The molecule has 4 saturated carbocycles. The smallest absolute Gasteiger partial charge is 0.306 e. The highest BCUT2D eigenvalue weighted by molar-refractivity contribution is 5.70. The Balaban J connectivity index is 1.33. The predicted molar refractivity (Wildman–Crippen MR) is 247 cm³/mol. The van der Waals surface area contributed by atoms with E-state index in [9.17, 15) is 14.4 Å². The molecular formula is C53H95NO6. The molecule has 5 unspecified atom stereocenters. The Morgan fingerprint density at radius 1 is 0.500 bits per heavy atom. The molecule has 0 amide bonds. The number of rotatable bonds is 39. The highest BCUT2D eigenvalue weighted by Crippen LogP contribution is 2.98. The van der Waals surface area contributed by atoms with Crippen LogP contribution in [0.2, 0.25) is 0 Å². The van der Waals surface area contributed by atoms with Crippen LogP contribution in [0.4, 0.5) is 0 Å². The number of fused-ring (bicyclic) bond motifs is 1. The van der Waals surface area contributed by atoms with Crippen LogP contribution in [0.3, 0.4) is 0 Å². The van der Waals surface area contributed by atoms with E-state index in [0.29, 0.717) is 38.4 Å². The Hall–Kier alpha value is -1.63. The van der Waals surface area contributed by atoms with Gasteiger partial charge in [0.1, 0.15) is 6.10 Å². The quantitative estimate of drug-likeness (QED) is 0.0346. The monoisotopic (exact) mass is 842 g/mol. The van der Waals surface area contributed by atoms with Crippen molar-refractivity contribution in [3.63, 3.8) is 0 Å². The van der Waals surface area contributed by atoms with E-state index in [1.807, 2.05) is 0 Å². The van der Waals surface area contributed by atoms with Gasteiger partial charge in [-0.15, -0.1) is 0 Å². The highest BCUT2D eigenvalue weighted by atomic mass is 16.5. The molecule has 0 aromatic rings. The summed E-state index contributed by atoms with van der Waals surface area (Å²) in [4.78, 5) is 42.0. The molecule has 4 fully saturated rings. The number of esters is 3. The summed E-state index contributed by atoms with van der Waals surface area (Å²) in [7, 11) is 0. The lowest BCUT2D eigenvalue weighted by molar-refractivity contribution is -0.371. The van der Waals surface area contributed by atoms with E-state index in [2.05, 4.69) is 39.5 Å². The third kappa shape index (κ3) is 13.7. The summed E-state index contributed by atoms with van der Waals surface area (Å²) in [5.74, 6) is 0.639. The molecule has 0 heterocycles. The maximum atomic E-state index is 13.8. The standard InChI is InChI=1S/C53H95NO6/c1-6-11-14-17-20-23-26-38-58-48(56)32-35-51-41-45-40-50(34-28-39-59-47(55)31-27-37-54(9-4)10-5)43-52(44-51,53(50,51)42-45)36-33-49(57)60-46(29-24-21-18-15-12-7-2)30-25-22-19-16-13-8-3/h45-46H,6-44H2,1-5H3. The summed E-state index contributed by atoms with van der Waals surface area (Å²) in [6, 6.07) is 0. The number of carbonyl (C=O) groups is 3. The summed E-state index contributed by atoms with van der Waals surface area (Å²) in [5, 5.41) is 0. The van der Waals surface area contributed by atoms with Gasteiger partial charge in [-0.25, -0.2) is 0 Å². The third-order valence-electron chi connectivity index (χ3n) is 16.5. The van der Waals surface area contributed by atoms with Crippen molar-refractivity contribution in [1.82, 2.24) is 4.90 Å². The van der Waals surface area contributed by atoms with Crippen LogP contribution in [-0.2, 0) is 28.6 Å². The fraction of sp³-hybridized carbons (Fsp3) is 0.943. The number of unbranched alkanes of at least 4 members (excludes halogenated alkanes) is 16. The normalized spacial score (nSPS) is 25.9. The van der Waals surface area contributed by atoms with Crippen molar-refractivity contribution in [2.75, 3.05) is 32.8 Å². The van der Waals surface area contributed by atoms with Gasteiger partial charge in [0.05, 0.1) is 13.2 Å². The van der Waals surface area contributed by atoms with Crippen molar-refractivity contribution in [2.24, 2.45) is 27.6 Å². The van der Waals surface area contributed by atoms with Gasteiger partial charge in [-0.05, 0) is 144 Å². The molecule has 1 spiro atoms. The summed E-state index contributed by atoms with van der Waals surface area (Å²) in [6.07, 6.45) is 38.1. The first-order valence-corrected chi connectivity index (χ1v) is 26.4. The largest absolute Gasteiger partial charge is 0.466 e. The first-order chi connectivity index (χ1) is 29.2. The van der Waals surface area contributed by atoms with Crippen LogP contribution in [-0.4, -0.2) is 61.8 Å². The van der Waals surface area contributed by atoms with Crippen LogP contribution in [0.15, 0.2) is 0 Å². The van der Waals surface area contributed by atoms with E-state index in [1.165, 1.54) is 122 Å². The SMILES string of the molecule is CCCCCCCCCOC(=O)CCC12CC3CC4(CCCOC(=O)CCCN(CC)CC)CC(CCC(=O)OC(CCCCCCCC)CCCCCCCC)(C1)C42C3. The van der Waals surface area contributed by atoms with Crippen LogP contribution >= 0.6 is 0 Å². The first kappa shape index (κ1) is 51.0. The Morgan fingerprint density at radius 2 is 0.967 bits per heavy atom. The molecule has 4 aliphatic rings. The predicted octanol–water partition coefficient (Wildman–Crippen LogP) is 14.3. The van der Waals surface area contributed by atoms with E-state index in [-0.39, 0.29) is 45.7 Å². The van der Waals surface area contributed by atoms with Crippen LogP contribution in [0.1, 0.15) is 253 Å². The fourth-order valence-electron chi connectivity index (χ4n) is 14.0. The molecule has 4 rings (SSSR count). The Kier molecular flexibility index (Phi) is 22.8. The second kappa shape index (κ2) is 26.9. The number of ether oxygens (including phenoxy) is 3. The highest BCUT2D eigenvalue weighted by Gasteiger charge is 2.90. The number of nitrogens with zero attached hydrogens (tertiary/aromatic N) is 1. The van der Waals surface area contributed by atoms with E-state index >= 15 is 0 Å². The van der Waals surface area contributed by atoms with Gasteiger partial charge in [0.25, 0.3) is 0 Å². The topological polar surface area (TPSA) is 82.1 Å². The van der Waals surface area contributed by atoms with Crippen LogP contribution in [0, 0.1) is 27.6 Å². The molecule has 0 aromatic carbocycles. The molecule has 348 valence electrons. The minimum absolute atomic E-state index is 0.0183. The average molecular weight is 842 g/mol. The molecule has 2 bridgehead atoms. The van der Waals surface area contributed by atoms with Crippen LogP contribution < -0.4 is 0 Å². The molecule has 60 heavy (non-hydrogen) atoms. The summed E-state index contributed by atoms with van der Waals surface area (Å²) in [5.41, 5.74) is 0.789. The summed E-state index contributed by atoms with van der Waals surface area (Å²) in [6.45, 7) is 15.2. The summed E-state index contributed by atoms with van der Waals surface area (Å²) >= 11 is 0. The van der Waals surface area contributed by atoms with Crippen molar-refractivity contribution < 1.29 is 28.6 Å². The van der Waals surface area contributed by atoms with E-state index < -0.39 is 0 Å². The summed E-state index contributed by atoms with van der Waals surface area (Å²) < 4.78 is 18.0. The van der Waals surface area contributed by atoms with Gasteiger partial charge in [-0.2, -0.15) is 0 Å². The molecule has 0 N–H and O–H groups in total. The van der Waals surface area contributed by atoms with Gasteiger partial charge in [-0.3, -0.25) is 14.4 Å². The Morgan fingerprint density at radius 3 is 1.53 bits per heavy atom. The van der Waals surface area contributed by atoms with Crippen LogP contribution in [0.5, 0.6) is 0 Å². The zero-order valence-electron chi connectivity index (χ0n) is 40.1. The van der Waals surface area contributed by atoms with Gasteiger partial charge >= 0.3 is 17.9 Å². The maximum absolute atomic E-state index is 13.8. The second-order valence-electron chi connectivity index (χ2n) is 20.6. The minimum atomic E-state index is -0.0634. The lowest BCUT2D eigenvalue weighted by Gasteiger charge is -2.85. The van der Waals surface area contributed by atoms with E-state index in [0.717, 1.165) is 96.7 Å². The van der Waals surface area contributed by atoms with Crippen molar-refractivity contribution in [3.8, 4) is 0 Å². The van der Waals surface area contributed by atoms with Gasteiger partial charge in [0.15, 0.2) is 0 Å². The van der Waals surface area contributed by atoms with Gasteiger partial charge < -0.3 is 19.1 Å². The van der Waals surface area contributed by atoms with Gasteiger partial charge in [0, 0.05) is 19.3 Å². The minimum Gasteiger partial charge on any atom is -0.466 e. The molecular weight excluding hydrogens is 747 g/mol. The molecule has 4 aliphatic carbocycles. The molecule has 0 radical (unpaired) electrons. The van der Waals surface area contributed by atoms with Gasteiger partial charge in [-0.1, -0.05) is 137 Å². The van der Waals surface area contributed by atoms with Crippen LogP contribution in [0.25, 0.3) is 0 Å². The van der Waals surface area contributed by atoms with E-state index in [4.69, 9.17) is 14.2 Å². The molecule has 5 atom stereocenters. The molecule has 0 aliphatic heterocycles. The second-order valence-corrected chi connectivity index (χ2v) is 20.6. The number of carbonyl (C=O) groups excluding carboxylic acids is 3. The molecule has 7 nitrogen and oxygen atoms in total. The lowest BCUT2D eigenvalue weighted by Crippen LogP contribution is -2.78. The van der Waals surface area contributed by atoms with Crippen molar-refractivity contribution in [2.45, 2.75) is 259 Å². The zero-order chi connectivity index (χ0) is 43.2. The average Bonchev–Trinajstić information content (AvgIpc) is 3.71. The third-order valence-corrected chi connectivity index (χ3v) is 16.5. The molecule has 7 heteroatoms. The van der Waals surface area contributed by atoms with Crippen molar-refractivity contribution in [1.29, 1.82) is 0 Å². The van der Waals surface area contributed by atoms with Gasteiger partial charge in [0.2, 0.25) is 0 Å². The zero-order valence-corrected chi connectivity index (χ0v) is 40.1. The van der Waals surface area contributed by atoms with Crippen molar-refractivity contribution >= 4 is 17.9 Å². The Labute approximate surface area is 369 Å². The fourth-order valence-corrected chi connectivity index (χ4v) is 14.0. The number of hydrogen-bond acceptors (Lipinski definition) is 7. The maximum Gasteiger partial charge on any atom is 0.306 e.